The predicted octanol–water partition coefficient (Wildman–Crippen LogP) is 5.55. The van der Waals surface area contributed by atoms with E-state index in [1.165, 1.54) is 16.7 Å². The summed E-state index contributed by atoms with van der Waals surface area (Å²) in [5.41, 5.74) is 2.40. The van der Waals surface area contributed by atoms with Crippen molar-refractivity contribution in [3.8, 4) is 11.5 Å². The molecule has 0 bridgehead atoms. The van der Waals surface area contributed by atoms with Crippen molar-refractivity contribution in [1.29, 1.82) is 0 Å². The number of thioether (sulfide) groups is 1. The number of amides is 2. The van der Waals surface area contributed by atoms with Gasteiger partial charge in [-0.05, 0) is 75.2 Å². The van der Waals surface area contributed by atoms with Gasteiger partial charge in [-0.1, -0.05) is 29.8 Å². The molecule has 0 radical (unpaired) electrons. The molecule has 34 heavy (non-hydrogen) atoms. The minimum Gasteiger partial charge on any atom is -0.411 e. The SMILES string of the molecule is CCN(CC)c1ccc(-c2nnc(SC3CCCCN(C(=O)c4ccc(Cl)cc4)C3=O)o2)cc1. The standard InChI is InChI=1S/C25H27ClN4O3S/c1-3-29(4-2)20-14-10-17(11-15-20)22-27-28-25(33-22)34-21-7-5-6-16-30(24(21)32)23(31)18-8-12-19(26)13-9-18/h8-15,21H,3-7,16H2,1-2H3. The fourth-order valence-electron chi connectivity index (χ4n) is 3.97. The Kier molecular flexibility index (Phi) is 7.90. The molecular weight excluding hydrogens is 472 g/mol. The second-order valence-corrected chi connectivity index (χ2v) is 9.59. The molecule has 1 aliphatic rings. The lowest BCUT2D eigenvalue weighted by Crippen LogP contribution is -2.41. The average Bonchev–Trinajstić information content (AvgIpc) is 3.25. The first-order valence-electron chi connectivity index (χ1n) is 11.5. The number of aromatic nitrogens is 2. The Labute approximate surface area is 208 Å². The zero-order valence-corrected chi connectivity index (χ0v) is 20.8. The molecule has 2 aromatic carbocycles. The highest BCUT2D eigenvalue weighted by Crippen LogP contribution is 2.32. The van der Waals surface area contributed by atoms with Crippen LogP contribution in [0.25, 0.3) is 11.5 Å². The van der Waals surface area contributed by atoms with Crippen LogP contribution in [0.4, 0.5) is 5.69 Å². The maximum atomic E-state index is 13.2. The summed E-state index contributed by atoms with van der Waals surface area (Å²) in [6, 6.07) is 14.6. The highest BCUT2D eigenvalue weighted by atomic mass is 35.5. The maximum absolute atomic E-state index is 13.2. The molecule has 1 atom stereocenters. The number of hydrogen-bond acceptors (Lipinski definition) is 7. The van der Waals surface area contributed by atoms with Crippen LogP contribution in [0.2, 0.25) is 5.02 Å². The summed E-state index contributed by atoms with van der Waals surface area (Å²) in [4.78, 5) is 29.8. The molecule has 3 aromatic rings. The lowest BCUT2D eigenvalue weighted by Gasteiger charge is -2.21. The Hall–Kier alpha value is -2.84. The molecule has 0 saturated carbocycles. The summed E-state index contributed by atoms with van der Waals surface area (Å²) < 4.78 is 5.86. The van der Waals surface area contributed by atoms with E-state index >= 15 is 0 Å². The van der Waals surface area contributed by atoms with Gasteiger partial charge >= 0.3 is 0 Å². The normalized spacial score (nSPS) is 16.4. The van der Waals surface area contributed by atoms with Gasteiger partial charge < -0.3 is 9.32 Å². The quantitative estimate of drug-likeness (QED) is 0.395. The molecular formula is C25H27ClN4O3S. The van der Waals surface area contributed by atoms with Gasteiger partial charge in [0.25, 0.3) is 11.1 Å². The third-order valence-corrected chi connectivity index (χ3v) is 7.21. The number of likely N-dealkylation sites (tertiary alicyclic amines) is 1. The molecule has 7 nitrogen and oxygen atoms in total. The summed E-state index contributed by atoms with van der Waals surface area (Å²) in [6.45, 7) is 6.51. The second-order valence-electron chi connectivity index (χ2n) is 8.00. The van der Waals surface area contributed by atoms with Gasteiger partial charge in [-0.15, -0.1) is 10.2 Å². The number of rotatable bonds is 7. The largest absolute Gasteiger partial charge is 0.411 e. The molecule has 4 rings (SSSR count). The van der Waals surface area contributed by atoms with Gasteiger partial charge in [0.15, 0.2) is 0 Å². The Balaban J connectivity index is 1.46. The van der Waals surface area contributed by atoms with Gasteiger partial charge in [0, 0.05) is 41.5 Å². The highest BCUT2D eigenvalue weighted by Gasteiger charge is 2.33. The number of carbonyl (C=O) groups excluding carboxylic acids is 2. The number of benzene rings is 2. The van der Waals surface area contributed by atoms with Crippen molar-refractivity contribution in [2.24, 2.45) is 0 Å². The van der Waals surface area contributed by atoms with Crippen molar-refractivity contribution < 1.29 is 14.0 Å². The van der Waals surface area contributed by atoms with Crippen LogP contribution in [0.15, 0.2) is 58.2 Å². The molecule has 1 saturated heterocycles. The van der Waals surface area contributed by atoms with Crippen LogP contribution in [-0.2, 0) is 4.79 Å². The van der Waals surface area contributed by atoms with Crippen LogP contribution >= 0.6 is 23.4 Å². The number of carbonyl (C=O) groups is 2. The van der Waals surface area contributed by atoms with E-state index in [0.29, 0.717) is 34.7 Å². The van der Waals surface area contributed by atoms with E-state index < -0.39 is 5.25 Å². The van der Waals surface area contributed by atoms with E-state index in [-0.39, 0.29) is 11.8 Å². The van der Waals surface area contributed by atoms with Gasteiger partial charge in [0.05, 0.1) is 5.25 Å². The number of anilines is 1. The summed E-state index contributed by atoms with van der Waals surface area (Å²) in [5, 5.41) is 8.72. The fraction of sp³-hybridized carbons (Fsp3) is 0.360. The zero-order valence-electron chi connectivity index (χ0n) is 19.2. The smallest absolute Gasteiger partial charge is 0.277 e. The molecule has 0 N–H and O–H groups in total. The van der Waals surface area contributed by atoms with Gasteiger partial charge in [0.2, 0.25) is 11.8 Å². The minimum absolute atomic E-state index is 0.231. The van der Waals surface area contributed by atoms with Gasteiger partial charge in [-0.3, -0.25) is 14.5 Å². The van der Waals surface area contributed by atoms with Crippen LogP contribution in [0.5, 0.6) is 0 Å². The number of hydrogen-bond donors (Lipinski definition) is 0. The van der Waals surface area contributed by atoms with E-state index in [4.69, 9.17) is 16.0 Å². The van der Waals surface area contributed by atoms with E-state index in [2.05, 4.69) is 28.9 Å². The number of halogens is 1. The van der Waals surface area contributed by atoms with Crippen molar-refractivity contribution >= 4 is 40.9 Å². The van der Waals surface area contributed by atoms with Crippen molar-refractivity contribution in [1.82, 2.24) is 15.1 Å². The van der Waals surface area contributed by atoms with Crippen molar-refractivity contribution in [3.63, 3.8) is 0 Å². The van der Waals surface area contributed by atoms with Crippen LogP contribution in [-0.4, -0.2) is 51.8 Å². The molecule has 1 aromatic heterocycles. The molecule has 1 unspecified atom stereocenters. The van der Waals surface area contributed by atoms with E-state index in [0.717, 1.165) is 37.2 Å². The van der Waals surface area contributed by atoms with Crippen LogP contribution < -0.4 is 4.90 Å². The summed E-state index contributed by atoms with van der Waals surface area (Å²) in [6.07, 6.45) is 2.24. The van der Waals surface area contributed by atoms with Gasteiger partial charge in [-0.25, -0.2) is 0 Å². The second kappa shape index (κ2) is 11.1. The lowest BCUT2D eigenvalue weighted by molar-refractivity contribution is -0.127. The molecule has 9 heteroatoms. The third-order valence-electron chi connectivity index (χ3n) is 5.87. The third kappa shape index (κ3) is 5.45. The topological polar surface area (TPSA) is 79.5 Å². The lowest BCUT2D eigenvalue weighted by atomic mass is 10.2. The van der Waals surface area contributed by atoms with Crippen molar-refractivity contribution in [2.75, 3.05) is 24.5 Å². The summed E-state index contributed by atoms with van der Waals surface area (Å²) >= 11 is 7.15. The van der Waals surface area contributed by atoms with E-state index in [9.17, 15) is 9.59 Å². The Morgan fingerprint density at radius 1 is 1.09 bits per heavy atom. The first-order chi connectivity index (χ1) is 16.5. The molecule has 2 heterocycles. The van der Waals surface area contributed by atoms with Gasteiger partial charge in [-0.2, -0.15) is 0 Å². The van der Waals surface area contributed by atoms with Gasteiger partial charge in [0.1, 0.15) is 0 Å². The summed E-state index contributed by atoms with van der Waals surface area (Å²) in [5.74, 6) is -0.136. The van der Waals surface area contributed by atoms with E-state index in [1.54, 1.807) is 24.3 Å². The van der Waals surface area contributed by atoms with Crippen molar-refractivity contribution in [3.05, 3.63) is 59.1 Å². The first kappa shape index (κ1) is 24.3. The highest BCUT2D eigenvalue weighted by molar-refractivity contribution is 8.00. The van der Waals surface area contributed by atoms with Crippen LogP contribution in [0.3, 0.4) is 0 Å². The minimum atomic E-state index is -0.461. The average molecular weight is 499 g/mol. The van der Waals surface area contributed by atoms with Crippen molar-refractivity contribution in [2.45, 2.75) is 43.6 Å². The first-order valence-corrected chi connectivity index (χ1v) is 12.7. The number of nitrogens with zero attached hydrogens (tertiary/aromatic N) is 4. The summed E-state index contributed by atoms with van der Waals surface area (Å²) in [7, 11) is 0. The molecule has 0 aliphatic carbocycles. The monoisotopic (exact) mass is 498 g/mol. The molecule has 178 valence electrons. The van der Waals surface area contributed by atoms with Crippen LogP contribution in [0, 0.1) is 0 Å². The molecule has 2 amide bonds. The van der Waals surface area contributed by atoms with Crippen LogP contribution in [0.1, 0.15) is 43.5 Å². The Morgan fingerprint density at radius 2 is 1.79 bits per heavy atom. The number of imide groups is 1. The molecule has 1 fully saturated rings. The predicted molar refractivity (Wildman–Crippen MR) is 134 cm³/mol. The molecule has 1 aliphatic heterocycles. The Morgan fingerprint density at radius 3 is 2.47 bits per heavy atom. The van der Waals surface area contributed by atoms with E-state index in [1.807, 2.05) is 24.3 Å². The maximum Gasteiger partial charge on any atom is 0.277 e. The molecule has 0 spiro atoms. The zero-order chi connectivity index (χ0) is 24.1. The fourth-order valence-corrected chi connectivity index (χ4v) is 5.06. The Bertz CT molecular complexity index is 1130.